The lowest BCUT2D eigenvalue weighted by Crippen LogP contribution is -2.56. The minimum Gasteiger partial charge on any atom is -0.379 e. The second-order valence-electron chi connectivity index (χ2n) is 10.4. The molecule has 2 N–H and O–H groups in total. The maximum absolute atomic E-state index is 13.2. The summed E-state index contributed by atoms with van der Waals surface area (Å²) in [6.45, 7) is 6.49. The minimum atomic E-state index is -1.02. The van der Waals surface area contributed by atoms with E-state index in [1.165, 1.54) is 4.90 Å². The molecule has 2 aromatic heterocycles. The zero-order chi connectivity index (χ0) is 30.8. The van der Waals surface area contributed by atoms with Crippen molar-refractivity contribution in [1.29, 1.82) is 0 Å². The fourth-order valence-electron chi connectivity index (χ4n) is 4.95. The van der Waals surface area contributed by atoms with Gasteiger partial charge in [0.2, 0.25) is 5.95 Å². The van der Waals surface area contributed by atoms with E-state index < -0.39 is 11.6 Å². The second-order valence-corrected chi connectivity index (χ2v) is 10.4. The quantitative estimate of drug-likeness (QED) is 0.205. The molecule has 44 heavy (non-hydrogen) atoms. The summed E-state index contributed by atoms with van der Waals surface area (Å²) in [5.41, 5.74) is 0.730. The zero-order valence-electron chi connectivity index (χ0n) is 24.7. The molecule has 15 heteroatoms. The molecule has 2 aliphatic rings. The number of likely N-dealkylation sites (tertiary alicyclic amines) is 1. The summed E-state index contributed by atoms with van der Waals surface area (Å²) < 4.78 is 18.1. The van der Waals surface area contributed by atoms with Gasteiger partial charge in [-0.2, -0.15) is 0 Å². The van der Waals surface area contributed by atoms with E-state index in [0.717, 1.165) is 13.0 Å². The van der Waals surface area contributed by atoms with E-state index in [-0.39, 0.29) is 31.0 Å². The molecule has 5 rings (SSSR count). The number of carbonyl (C=O) groups excluding carboxylic acids is 3. The number of imide groups is 1. The minimum absolute atomic E-state index is 0.138. The number of urea groups is 2. The Hall–Kier alpha value is -4.47. The van der Waals surface area contributed by atoms with Crippen molar-refractivity contribution < 1.29 is 28.6 Å². The van der Waals surface area contributed by atoms with Gasteiger partial charge in [0.25, 0.3) is 5.91 Å². The van der Waals surface area contributed by atoms with Crippen LogP contribution in [0.2, 0.25) is 0 Å². The third kappa shape index (κ3) is 7.53. The number of anilines is 2. The first-order chi connectivity index (χ1) is 21.5. The van der Waals surface area contributed by atoms with Gasteiger partial charge in [0, 0.05) is 37.7 Å². The lowest BCUT2D eigenvalue weighted by molar-refractivity contribution is -0.123. The molecule has 2 aliphatic heterocycles. The second kappa shape index (κ2) is 14.8. The maximum atomic E-state index is 13.2. The molecule has 0 atom stereocenters. The van der Waals surface area contributed by atoms with E-state index in [4.69, 9.17) is 14.2 Å². The molecule has 234 valence electrons. The standard InChI is InChI=1S/C29H37N9O6/c1-2-13-42-15-17-44-18-16-43-14-12-37-21-24(34-35-37)22-19-30-26(31-20-22)32-27(40)36-10-8-29(9-11-36)25(39)38(28(41)33-29)23-6-4-3-5-7-23/h3-7,19-21H,2,8-18H2,1H3,(H,33,41)(H,30,31,32,40). The van der Waals surface area contributed by atoms with Crippen molar-refractivity contribution in [3.63, 3.8) is 0 Å². The molecule has 0 unspecified atom stereocenters. The first kappa shape index (κ1) is 31.0. The molecular weight excluding hydrogens is 570 g/mol. The Balaban J connectivity index is 1.03. The van der Waals surface area contributed by atoms with Gasteiger partial charge in [-0.25, -0.2) is 29.1 Å². The summed E-state index contributed by atoms with van der Waals surface area (Å²) in [5, 5.41) is 13.8. The van der Waals surface area contributed by atoms with E-state index in [0.29, 0.717) is 69.4 Å². The number of nitrogens with zero attached hydrogens (tertiary/aromatic N) is 7. The monoisotopic (exact) mass is 607 g/mol. The van der Waals surface area contributed by atoms with E-state index in [9.17, 15) is 14.4 Å². The van der Waals surface area contributed by atoms with Crippen molar-refractivity contribution in [2.45, 2.75) is 38.3 Å². The number of aromatic nitrogens is 5. The van der Waals surface area contributed by atoms with Gasteiger partial charge in [-0.3, -0.25) is 10.1 Å². The van der Waals surface area contributed by atoms with Crippen molar-refractivity contribution in [3.05, 3.63) is 48.9 Å². The van der Waals surface area contributed by atoms with Crippen molar-refractivity contribution in [2.24, 2.45) is 0 Å². The Morgan fingerprint density at radius 2 is 1.61 bits per heavy atom. The SMILES string of the molecule is CCCOCCOCCOCCn1cc(-c2cnc(NC(=O)N3CCC4(CC3)NC(=O)N(c3ccccc3)C4=O)nc2)nn1. The molecule has 0 aliphatic carbocycles. The predicted molar refractivity (Wildman–Crippen MR) is 159 cm³/mol. The highest BCUT2D eigenvalue weighted by molar-refractivity contribution is 6.23. The first-order valence-corrected chi connectivity index (χ1v) is 14.7. The fourth-order valence-corrected chi connectivity index (χ4v) is 4.95. The van der Waals surface area contributed by atoms with Crippen LogP contribution in [-0.2, 0) is 25.5 Å². The van der Waals surface area contributed by atoms with E-state index in [1.54, 1.807) is 52.4 Å². The molecule has 0 saturated carbocycles. The summed E-state index contributed by atoms with van der Waals surface area (Å²) in [5.74, 6) is -0.161. The normalized spacial score (nSPS) is 16.0. The number of benzene rings is 1. The van der Waals surface area contributed by atoms with Crippen LogP contribution in [0.5, 0.6) is 0 Å². The van der Waals surface area contributed by atoms with Crippen LogP contribution < -0.4 is 15.5 Å². The van der Waals surface area contributed by atoms with Gasteiger partial charge < -0.3 is 24.4 Å². The van der Waals surface area contributed by atoms with Gasteiger partial charge in [-0.05, 0) is 31.4 Å². The van der Waals surface area contributed by atoms with E-state index in [2.05, 4.69) is 37.8 Å². The number of rotatable bonds is 14. The number of nitrogens with one attached hydrogen (secondary N) is 2. The van der Waals surface area contributed by atoms with Crippen molar-refractivity contribution in [3.8, 4) is 11.3 Å². The first-order valence-electron chi connectivity index (χ1n) is 14.7. The number of hydrogen-bond acceptors (Lipinski definition) is 10. The fraction of sp³-hybridized carbons (Fsp3) is 0.483. The van der Waals surface area contributed by atoms with E-state index >= 15 is 0 Å². The van der Waals surface area contributed by atoms with Gasteiger partial charge in [0.1, 0.15) is 11.2 Å². The summed E-state index contributed by atoms with van der Waals surface area (Å²) in [6.07, 6.45) is 6.49. The van der Waals surface area contributed by atoms with Crippen LogP contribution in [0.15, 0.2) is 48.9 Å². The highest BCUT2D eigenvalue weighted by Gasteiger charge is 2.53. The molecular formula is C29H37N9O6. The van der Waals surface area contributed by atoms with Crippen LogP contribution >= 0.6 is 0 Å². The van der Waals surface area contributed by atoms with Crippen molar-refractivity contribution in [1.82, 2.24) is 35.2 Å². The van der Waals surface area contributed by atoms with Crippen LogP contribution in [0.1, 0.15) is 26.2 Å². The third-order valence-electron chi connectivity index (χ3n) is 7.34. The maximum Gasteiger partial charge on any atom is 0.329 e. The van der Waals surface area contributed by atoms with Crippen LogP contribution in [0.4, 0.5) is 21.2 Å². The van der Waals surface area contributed by atoms with Crippen molar-refractivity contribution in [2.75, 3.05) is 62.9 Å². The Morgan fingerprint density at radius 1 is 0.955 bits per heavy atom. The Labute approximate surface area is 254 Å². The molecule has 3 aromatic rings. The topological polar surface area (TPSA) is 166 Å². The molecule has 1 spiro atoms. The van der Waals surface area contributed by atoms with Crippen LogP contribution in [0, 0.1) is 0 Å². The Morgan fingerprint density at radius 3 is 2.30 bits per heavy atom. The molecule has 2 saturated heterocycles. The number of para-hydroxylation sites is 1. The number of ether oxygens (including phenoxy) is 3. The van der Waals surface area contributed by atoms with Gasteiger partial charge in [0.05, 0.1) is 51.5 Å². The molecule has 0 radical (unpaired) electrons. The summed E-state index contributed by atoms with van der Waals surface area (Å²) >= 11 is 0. The molecule has 0 bridgehead atoms. The highest BCUT2D eigenvalue weighted by Crippen LogP contribution is 2.32. The predicted octanol–water partition coefficient (Wildman–Crippen LogP) is 2.32. The lowest BCUT2D eigenvalue weighted by atomic mass is 9.87. The zero-order valence-corrected chi connectivity index (χ0v) is 24.7. The summed E-state index contributed by atoms with van der Waals surface area (Å²) in [6, 6.07) is 7.96. The Kier molecular flexibility index (Phi) is 10.4. The van der Waals surface area contributed by atoms with Crippen molar-refractivity contribution >= 4 is 29.6 Å². The smallest absolute Gasteiger partial charge is 0.329 e. The Bertz CT molecular complexity index is 1390. The lowest BCUT2D eigenvalue weighted by Gasteiger charge is -2.37. The number of carbonyl (C=O) groups is 3. The average Bonchev–Trinajstić information content (AvgIpc) is 3.61. The van der Waals surface area contributed by atoms with Gasteiger partial charge >= 0.3 is 12.1 Å². The third-order valence-corrected chi connectivity index (χ3v) is 7.34. The average molecular weight is 608 g/mol. The van der Waals surface area contributed by atoms with Crippen LogP contribution in [-0.4, -0.2) is 106 Å². The molecule has 5 amide bonds. The van der Waals surface area contributed by atoms with Crippen LogP contribution in [0.3, 0.4) is 0 Å². The highest BCUT2D eigenvalue weighted by atomic mass is 16.5. The van der Waals surface area contributed by atoms with Crippen LogP contribution in [0.25, 0.3) is 11.3 Å². The molecule has 1 aromatic carbocycles. The van der Waals surface area contributed by atoms with E-state index in [1.807, 2.05) is 6.07 Å². The largest absolute Gasteiger partial charge is 0.379 e. The number of hydrogen-bond donors (Lipinski definition) is 2. The van der Waals surface area contributed by atoms with Gasteiger partial charge in [-0.1, -0.05) is 30.3 Å². The summed E-state index contributed by atoms with van der Waals surface area (Å²) in [4.78, 5) is 50.0. The van der Waals surface area contributed by atoms with Gasteiger partial charge in [0.15, 0.2) is 0 Å². The molecule has 4 heterocycles. The molecule has 15 nitrogen and oxygen atoms in total. The molecule has 2 fully saturated rings. The van der Waals surface area contributed by atoms with Gasteiger partial charge in [-0.15, -0.1) is 5.10 Å². The number of piperidine rings is 1. The number of amides is 5. The summed E-state index contributed by atoms with van der Waals surface area (Å²) in [7, 11) is 0.